The Morgan fingerprint density at radius 1 is 0.214 bits per heavy atom. The molecule has 12 aromatic carbocycles. The van der Waals surface area contributed by atoms with Crippen molar-refractivity contribution in [1.29, 1.82) is 0 Å². The molecule has 0 saturated heterocycles. The first kappa shape index (κ1) is 51.2. The second kappa shape index (κ2) is 23.3. The van der Waals surface area contributed by atoms with E-state index in [4.69, 9.17) is 0 Å². The third-order valence-electron chi connectivity index (χ3n) is 16.2. The first-order valence-corrected chi connectivity index (χ1v) is 28.9. The van der Waals surface area contributed by atoms with Gasteiger partial charge in [0.15, 0.2) is 0 Å². The van der Waals surface area contributed by atoms with Gasteiger partial charge in [-0.3, -0.25) is 0 Å². The average Bonchev–Trinajstić information content (AvgIpc) is 3.71. The summed E-state index contributed by atoms with van der Waals surface area (Å²) in [7, 11) is 0. The van der Waals surface area contributed by atoms with Gasteiger partial charge in [0.25, 0.3) is 0 Å². The fourth-order valence-corrected chi connectivity index (χ4v) is 12.0. The molecule has 2 atom stereocenters. The summed E-state index contributed by atoms with van der Waals surface area (Å²) in [4.78, 5) is 9.43. The Balaban J connectivity index is 0.746. The summed E-state index contributed by atoms with van der Waals surface area (Å²) >= 11 is 0. The van der Waals surface area contributed by atoms with Crippen LogP contribution in [0.1, 0.15) is 0 Å². The zero-order valence-corrected chi connectivity index (χ0v) is 46.4. The van der Waals surface area contributed by atoms with Crippen molar-refractivity contribution in [1.82, 2.24) is 0 Å². The Morgan fingerprint density at radius 3 is 0.905 bits per heavy atom. The van der Waals surface area contributed by atoms with E-state index < -0.39 is 0 Å². The first-order chi connectivity index (χ1) is 41.7. The fraction of sp³-hybridized carbons (Fsp3) is 0.0250. The Hall–Kier alpha value is -10.9. The number of fused-ring (bicyclic) bond motifs is 2. The molecule has 2 aliphatic carbocycles. The van der Waals surface area contributed by atoms with Crippen LogP contribution >= 0.6 is 0 Å². The molecule has 0 aromatic heterocycles. The molecular formula is C80H60N4. The van der Waals surface area contributed by atoms with Gasteiger partial charge in [-0.15, -0.1) is 0 Å². The highest BCUT2D eigenvalue weighted by atomic mass is 15.2. The smallest absolute Gasteiger partial charge is 0.0540 e. The average molecular weight is 1080 g/mol. The van der Waals surface area contributed by atoms with Crippen LogP contribution in [0.4, 0.5) is 62.6 Å². The highest BCUT2D eigenvalue weighted by Gasteiger charge is 2.29. The number of anilines is 11. The predicted octanol–water partition coefficient (Wildman–Crippen LogP) is 22.2. The monoisotopic (exact) mass is 1080 g/mol. The van der Waals surface area contributed by atoms with E-state index in [1.807, 2.05) is 0 Å². The van der Waals surface area contributed by atoms with Crippen LogP contribution in [0.25, 0.3) is 44.2 Å². The van der Waals surface area contributed by atoms with E-state index in [2.05, 4.69) is 372 Å². The van der Waals surface area contributed by atoms with Gasteiger partial charge in [-0.05, 0) is 172 Å². The maximum atomic E-state index is 2.44. The minimum Gasteiger partial charge on any atom is -0.314 e. The minimum atomic E-state index is 0.209. The molecule has 0 N–H and O–H groups in total. The number of benzene rings is 12. The topological polar surface area (TPSA) is 13.0 Å². The highest BCUT2D eigenvalue weighted by Crippen LogP contribution is 2.44. The zero-order valence-electron chi connectivity index (χ0n) is 46.4. The number of hydrogen-bond donors (Lipinski definition) is 0. The van der Waals surface area contributed by atoms with Crippen molar-refractivity contribution in [3.63, 3.8) is 0 Å². The quantitative estimate of drug-likeness (QED) is 0.101. The van der Waals surface area contributed by atoms with Gasteiger partial charge in [-0.2, -0.15) is 0 Å². The molecule has 2 unspecified atom stereocenters. The van der Waals surface area contributed by atoms with Crippen LogP contribution < -0.4 is 19.6 Å². The molecule has 0 saturated carbocycles. The largest absolute Gasteiger partial charge is 0.314 e. The van der Waals surface area contributed by atoms with Crippen LogP contribution in [0.15, 0.2) is 358 Å². The lowest BCUT2D eigenvalue weighted by Crippen LogP contribution is -2.27. The number of para-hydroxylation sites is 4. The van der Waals surface area contributed by atoms with E-state index >= 15 is 0 Å². The second-order valence-corrected chi connectivity index (χ2v) is 21.3. The molecule has 0 bridgehead atoms. The molecule has 84 heavy (non-hydrogen) atoms. The molecule has 0 aliphatic heterocycles. The Bertz CT molecular complexity index is 4220. The zero-order chi connectivity index (χ0) is 56.0. The molecule has 0 heterocycles. The van der Waals surface area contributed by atoms with Gasteiger partial charge < -0.3 is 19.6 Å². The first-order valence-electron chi connectivity index (χ1n) is 28.9. The van der Waals surface area contributed by atoms with E-state index in [9.17, 15) is 0 Å². The van der Waals surface area contributed by atoms with Crippen LogP contribution in [0.5, 0.6) is 0 Å². The van der Waals surface area contributed by atoms with Crippen LogP contribution in [0.3, 0.4) is 0 Å². The van der Waals surface area contributed by atoms with Crippen molar-refractivity contribution in [2.45, 2.75) is 0 Å². The summed E-state index contributed by atoms with van der Waals surface area (Å²) in [6.07, 6.45) is 15.8. The Labute approximate surface area is 493 Å². The van der Waals surface area contributed by atoms with Crippen LogP contribution in [-0.4, -0.2) is 0 Å². The van der Waals surface area contributed by atoms with E-state index in [1.165, 1.54) is 27.6 Å². The predicted molar refractivity (Wildman–Crippen MR) is 355 cm³/mol. The molecule has 4 nitrogen and oxygen atoms in total. The molecule has 2 aliphatic rings. The van der Waals surface area contributed by atoms with Crippen molar-refractivity contribution in [2.75, 3.05) is 19.6 Å². The van der Waals surface area contributed by atoms with Crippen molar-refractivity contribution >= 4 is 73.3 Å². The van der Waals surface area contributed by atoms with Crippen LogP contribution in [0, 0.1) is 11.8 Å². The summed E-state index contributed by atoms with van der Waals surface area (Å²) in [6.45, 7) is 0. The molecule has 12 aromatic rings. The van der Waals surface area contributed by atoms with E-state index in [0.29, 0.717) is 5.92 Å². The maximum Gasteiger partial charge on any atom is 0.0540 e. The molecule has 4 heteroatoms. The number of rotatable bonds is 15. The van der Waals surface area contributed by atoms with Gasteiger partial charge in [-0.25, -0.2) is 0 Å². The van der Waals surface area contributed by atoms with Gasteiger partial charge in [0.05, 0.1) is 5.69 Å². The summed E-state index contributed by atoms with van der Waals surface area (Å²) in [6, 6.07) is 111. The maximum absolute atomic E-state index is 2.44. The molecule has 0 fully saturated rings. The molecule has 14 rings (SSSR count). The number of hydrogen-bond acceptors (Lipinski definition) is 4. The number of nitrogens with zero attached hydrogens (tertiary/aromatic N) is 4. The lowest BCUT2D eigenvalue weighted by atomic mass is 9.82. The molecule has 0 amide bonds. The normalized spacial score (nSPS) is 14.1. The van der Waals surface area contributed by atoms with E-state index in [0.717, 1.165) is 84.8 Å². The molecule has 0 radical (unpaired) electrons. The van der Waals surface area contributed by atoms with Gasteiger partial charge in [0.2, 0.25) is 0 Å². The minimum absolute atomic E-state index is 0.209. The third-order valence-corrected chi connectivity index (χ3v) is 16.2. The van der Waals surface area contributed by atoms with Crippen molar-refractivity contribution < 1.29 is 0 Å². The lowest BCUT2D eigenvalue weighted by molar-refractivity contribution is 0.612. The lowest BCUT2D eigenvalue weighted by Gasteiger charge is -2.36. The van der Waals surface area contributed by atoms with Crippen molar-refractivity contribution in [2.24, 2.45) is 11.8 Å². The van der Waals surface area contributed by atoms with Crippen molar-refractivity contribution in [3.05, 3.63) is 358 Å². The SMILES string of the molecule is C1=CC2C=CC=C(N(c3ccc(-c4ccc(N(c5ccccc5)c5ccccc5)cc4)cc3)c3ccc(-c4ccc(N(c5ccc(-c6ccc(N(c7ccccc7)c7ccccc7)cc6)cc5)c5cccc6ccccc56)cc4)cc3)C2C=C1. The Kier molecular flexibility index (Phi) is 14.2. The van der Waals surface area contributed by atoms with E-state index in [-0.39, 0.29) is 5.92 Å². The number of allylic oxidation sites excluding steroid dienone is 7. The van der Waals surface area contributed by atoms with Crippen LogP contribution in [-0.2, 0) is 0 Å². The van der Waals surface area contributed by atoms with Gasteiger partial charge in [-0.1, -0.05) is 218 Å². The van der Waals surface area contributed by atoms with E-state index in [1.54, 1.807) is 0 Å². The third kappa shape index (κ3) is 10.4. The summed E-state index contributed by atoms with van der Waals surface area (Å²) < 4.78 is 0. The fourth-order valence-electron chi connectivity index (χ4n) is 12.0. The van der Waals surface area contributed by atoms with Gasteiger partial charge in [0, 0.05) is 79.8 Å². The highest BCUT2D eigenvalue weighted by molar-refractivity contribution is 5.99. The summed E-state index contributed by atoms with van der Waals surface area (Å²) in [5.41, 5.74) is 20.4. The summed E-state index contributed by atoms with van der Waals surface area (Å²) in [5.74, 6) is 0.502. The molecular weight excluding hydrogens is 1020 g/mol. The van der Waals surface area contributed by atoms with Crippen LogP contribution in [0.2, 0.25) is 0 Å². The molecule has 0 spiro atoms. The molecule has 400 valence electrons. The second-order valence-electron chi connectivity index (χ2n) is 21.3. The van der Waals surface area contributed by atoms with Gasteiger partial charge in [0.1, 0.15) is 0 Å². The summed E-state index contributed by atoms with van der Waals surface area (Å²) in [5, 5.41) is 2.39. The van der Waals surface area contributed by atoms with Gasteiger partial charge >= 0.3 is 0 Å². The standard InChI is InChI=1S/C80H60N4/c1-5-23-67(24-6-1)81(68-25-7-2-8-26-68)71-47-35-59(36-48-71)61-39-51-73(52-40-61)83(79-33-17-21-65-19-13-15-31-77(65)79)75-55-43-63(44-56-75)64-45-57-76(58-46-64)84(80-34-18-22-66-20-14-16-32-78(66)80)74-53-41-62(42-54-74)60-37-49-72(50-38-60)82(69-27-9-3-10-28-69)70-29-11-4-12-30-70/h1-58,65,77H. The Morgan fingerprint density at radius 2 is 0.512 bits per heavy atom. The van der Waals surface area contributed by atoms with Crippen molar-refractivity contribution in [3.8, 4) is 33.4 Å².